The number of nitrogens with zero attached hydrogens (tertiary/aromatic N) is 3. The first-order valence-electron chi connectivity index (χ1n) is 12.4. The Morgan fingerprint density at radius 1 is 1.08 bits per heavy atom. The van der Waals surface area contributed by atoms with Crippen molar-refractivity contribution in [2.24, 2.45) is 0 Å². The molecule has 0 saturated carbocycles. The van der Waals surface area contributed by atoms with E-state index in [1.165, 1.54) is 17.4 Å². The van der Waals surface area contributed by atoms with Crippen molar-refractivity contribution in [3.05, 3.63) is 49.9 Å². The van der Waals surface area contributed by atoms with Gasteiger partial charge in [0, 0.05) is 36.1 Å². The molecule has 11 nitrogen and oxygen atoms in total. The van der Waals surface area contributed by atoms with Crippen LogP contribution in [0.2, 0.25) is 0 Å². The highest BCUT2D eigenvalue weighted by Gasteiger charge is 2.32. The number of nitrogens with one attached hydrogen (secondary N) is 1. The van der Waals surface area contributed by atoms with E-state index in [0.29, 0.717) is 23.7 Å². The summed E-state index contributed by atoms with van der Waals surface area (Å²) < 4.78 is 10.3. The number of nitro groups is 1. The molecule has 0 aliphatic carbocycles. The maximum Gasteiger partial charge on any atom is 0.410 e. The fourth-order valence-electron chi connectivity index (χ4n) is 4.67. The van der Waals surface area contributed by atoms with Gasteiger partial charge in [-0.1, -0.05) is 0 Å². The van der Waals surface area contributed by atoms with Gasteiger partial charge >= 0.3 is 12.1 Å². The van der Waals surface area contributed by atoms with Crippen molar-refractivity contribution in [1.82, 2.24) is 4.90 Å². The Balaban J connectivity index is 1.62. The van der Waals surface area contributed by atoms with Gasteiger partial charge < -0.3 is 24.6 Å². The van der Waals surface area contributed by atoms with Crippen LogP contribution in [0.25, 0.3) is 0 Å². The summed E-state index contributed by atoms with van der Waals surface area (Å²) in [4.78, 5) is 53.9. The Bertz CT molecular complexity index is 1210. The number of esters is 1. The van der Waals surface area contributed by atoms with E-state index in [-0.39, 0.29) is 36.6 Å². The topological polar surface area (TPSA) is 131 Å². The van der Waals surface area contributed by atoms with Gasteiger partial charge in [0.05, 0.1) is 30.2 Å². The maximum absolute atomic E-state index is 13.2. The molecule has 2 aliphatic rings. The number of hydrogen-bond donors (Lipinski definition) is 1. The van der Waals surface area contributed by atoms with Gasteiger partial charge in [0.1, 0.15) is 10.7 Å². The highest BCUT2D eigenvalue weighted by Crippen LogP contribution is 2.38. The lowest BCUT2D eigenvalue weighted by Crippen LogP contribution is -2.36. The molecule has 2 amide bonds. The molecule has 1 N–H and O–H groups in total. The molecule has 0 atom stereocenters. The summed E-state index contributed by atoms with van der Waals surface area (Å²) in [7, 11) is 0. The Morgan fingerprint density at radius 2 is 1.81 bits per heavy atom. The minimum atomic E-state index is -0.570. The molecule has 2 aromatic rings. The first kappa shape index (κ1) is 26.4. The highest BCUT2D eigenvalue weighted by molar-refractivity contribution is 7.17. The van der Waals surface area contributed by atoms with E-state index < -0.39 is 22.9 Å². The molecule has 0 unspecified atom stereocenters. The van der Waals surface area contributed by atoms with Crippen LogP contribution in [0, 0.1) is 10.1 Å². The lowest BCUT2D eigenvalue weighted by atomic mass is 10.0. The first-order chi connectivity index (χ1) is 17.8. The summed E-state index contributed by atoms with van der Waals surface area (Å²) in [5.41, 5.74) is 1.47. The second kappa shape index (κ2) is 11.6. The number of piperidine rings is 1. The normalized spacial score (nSPS) is 15.1. The average Bonchev–Trinajstić information content (AvgIpc) is 3.26. The van der Waals surface area contributed by atoms with E-state index in [1.807, 2.05) is 4.90 Å². The van der Waals surface area contributed by atoms with Gasteiger partial charge in [-0.3, -0.25) is 14.9 Å². The number of amides is 2. The minimum absolute atomic E-state index is 0.113. The fourth-order valence-corrected chi connectivity index (χ4v) is 5.92. The summed E-state index contributed by atoms with van der Waals surface area (Å²) >= 11 is 1.19. The molecule has 37 heavy (non-hydrogen) atoms. The molecule has 1 fully saturated rings. The zero-order valence-corrected chi connectivity index (χ0v) is 21.7. The van der Waals surface area contributed by atoms with Crippen LogP contribution in [-0.2, 0) is 22.4 Å². The molecule has 1 aromatic heterocycles. The van der Waals surface area contributed by atoms with E-state index in [4.69, 9.17) is 9.47 Å². The van der Waals surface area contributed by atoms with Crippen molar-refractivity contribution >= 4 is 45.7 Å². The number of thiophene rings is 1. The number of rotatable bonds is 7. The van der Waals surface area contributed by atoms with Crippen molar-refractivity contribution in [2.75, 3.05) is 43.1 Å². The van der Waals surface area contributed by atoms with Crippen molar-refractivity contribution in [3.63, 3.8) is 0 Å². The van der Waals surface area contributed by atoms with Crippen LogP contribution in [0.3, 0.4) is 0 Å². The Hall–Kier alpha value is -3.67. The molecular weight excluding hydrogens is 500 g/mol. The van der Waals surface area contributed by atoms with E-state index >= 15 is 0 Å². The molecule has 0 radical (unpaired) electrons. The number of fused-ring (bicyclic) bond motifs is 1. The van der Waals surface area contributed by atoms with Crippen molar-refractivity contribution in [3.8, 4) is 0 Å². The second-order valence-corrected chi connectivity index (χ2v) is 9.87. The van der Waals surface area contributed by atoms with Gasteiger partial charge in [0.2, 0.25) is 0 Å². The van der Waals surface area contributed by atoms with Gasteiger partial charge in [0.25, 0.3) is 11.6 Å². The molecule has 0 spiro atoms. The molecule has 198 valence electrons. The van der Waals surface area contributed by atoms with Crippen molar-refractivity contribution in [2.45, 2.75) is 46.1 Å². The number of hydrogen-bond acceptors (Lipinski definition) is 9. The number of benzene rings is 1. The third-order valence-electron chi connectivity index (χ3n) is 6.42. The third-order valence-corrected chi connectivity index (χ3v) is 7.55. The van der Waals surface area contributed by atoms with Crippen LogP contribution in [0.1, 0.15) is 64.3 Å². The molecule has 1 aromatic carbocycles. The first-order valence-corrected chi connectivity index (χ1v) is 13.2. The van der Waals surface area contributed by atoms with Crippen LogP contribution in [0.15, 0.2) is 18.2 Å². The molecule has 1 saturated heterocycles. The number of carbonyl (C=O) groups excluding carboxylic acids is 3. The average molecular weight is 531 g/mol. The lowest BCUT2D eigenvalue weighted by molar-refractivity contribution is -0.384. The van der Waals surface area contributed by atoms with E-state index in [0.717, 1.165) is 42.8 Å². The number of ether oxygens (including phenoxy) is 2. The molecule has 3 heterocycles. The van der Waals surface area contributed by atoms with Crippen molar-refractivity contribution < 1.29 is 28.8 Å². The highest BCUT2D eigenvalue weighted by atomic mass is 32.1. The lowest BCUT2D eigenvalue weighted by Gasteiger charge is -2.28. The summed E-state index contributed by atoms with van der Waals surface area (Å²) in [5, 5.41) is 14.9. The smallest absolute Gasteiger partial charge is 0.410 e. The fraction of sp³-hybridized carbons (Fsp3) is 0.480. The standard InChI is InChI=1S/C25H30N4O7S/c1-3-35-24(31)21-17-10-13-28(25(32)36-4-2)15-20(17)37-23(21)26-22(30)16-8-9-18(19(14-16)29(33)34)27-11-6-5-7-12-27/h8-9,14H,3-7,10-13,15H2,1-2H3,(H,26,30). The monoisotopic (exact) mass is 530 g/mol. The maximum atomic E-state index is 13.2. The van der Waals surface area contributed by atoms with Gasteiger partial charge in [-0.05, 0) is 57.2 Å². The zero-order chi connectivity index (χ0) is 26.5. The van der Waals surface area contributed by atoms with Crippen LogP contribution in [0.5, 0.6) is 0 Å². The quantitative estimate of drug-likeness (QED) is 0.312. The Kier molecular flexibility index (Phi) is 8.27. The summed E-state index contributed by atoms with van der Waals surface area (Å²) in [5.74, 6) is -1.13. The predicted octanol–water partition coefficient (Wildman–Crippen LogP) is 4.59. The molecule has 2 aliphatic heterocycles. The van der Waals surface area contributed by atoms with E-state index in [1.54, 1.807) is 30.9 Å². The number of carbonyl (C=O) groups is 3. The third kappa shape index (κ3) is 5.68. The summed E-state index contributed by atoms with van der Waals surface area (Å²) in [6, 6.07) is 4.45. The second-order valence-electron chi connectivity index (χ2n) is 8.76. The Morgan fingerprint density at radius 3 is 2.49 bits per heavy atom. The van der Waals surface area contributed by atoms with Gasteiger partial charge in [-0.25, -0.2) is 9.59 Å². The van der Waals surface area contributed by atoms with Gasteiger partial charge in [-0.2, -0.15) is 0 Å². The van der Waals surface area contributed by atoms with Crippen LogP contribution >= 0.6 is 11.3 Å². The summed E-state index contributed by atoms with van der Waals surface area (Å²) in [6.07, 6.45) is 2.99. The molecule has 4 rings (SSSR count). The minimum Gasteiger partial charge on any atom is -0.462 e. The van der Waals surface area contributed by atoms with Crippen LogP contribution in [0.4, 0.5) is 21.2 Å². The molecule has 0 bridgehead atoms. The largest absolute Gasteiger partial charge is 0.462 e. The molecular formula is C25H30N4O7S. The predicted molar refractivity (Wildman–Crippen MR) is 139 cm³/mol. The van der Waals surface area contributed by atoms with Gasteiger partial charge in [-0.15, -0.1) is 11.3 Å². The van der Waals surface area contributed by atoms with Crippen LogP contribution < -0.4 is 10.2 Å². The van der Waals surface area contributed by atoms with Gasteiger partial charge in [0.15, 0.2) is 0 Å². The Labute approximate surface area is 218 Å². The number of nitro benzene ring substituents is 1. The van der Waals surface area contributed by atoms with Crippen molar-refractivity contribution in [1.29, 1.82) is 0 Å². The number of anilines is 2. The zero-order valence-electron chi connectivity index (χ0n) is 20.9. The SMILES string of the molecule is CCOC(=O)c1c(NC(=O)c2ccc(N3CCCCC3)c([N+](=O)[O-])c2)sc2c1CCN(C(=O)OCC)C2. The molecule has 12 heteroatoms. The summed E-state index contributed by atoms with van der Waals surface area (Å²) in [6.45, 7) is 5.93. The van der Waals surface area contributed by atoms with Crippen LogP contribution in [-0.4, -0.2) is 60.6 Å². The van der Waals surface area contributed by atoms with E-state index in [2.05, 4.69) is 5.32 Å². The van der Waals surface area contributed by atoms with E-state index in [9.17, 15) is 24.5 Å².